The van der Waals surface area contributed by atoms with Crippen molar-refractivity contribution in [3.8, 4) is 0 Å². The normalized spacial score (nSPS) is 30.7. The summed E-state index contributed by atoms with van der Waals surface area (Å²) in [6.45, 7) is 5.48. The maximum atomic E-state index is 10.8. The van der Waals surface area contributed by atoms with Crippen LogP contribution in [0, 0.1) is 5.92 Å². The van der Waals surface area contributed by atoms with Gasteiger partial charge in [-0.05, 0) is 44.7 Å². The SMILES string of the molecule is CCCC1CCN(CC2CCC(C(=O)O)O2)CC1. The van der Waals surface area contributed by atoms with E-state index in [0.29, 0.717) is 6.42 Å². The van der Waals surface area contributed by atoms with Crippen LogP contribution in [0.2, 0.25) is 0 Å². The molecule has 2 atom stereocenters. The van der Waals surface area contributed by atoms with Crippen LogP contribution in [0.25, 0.3) is 0 Å². The highest BCUT2D eigenvalue weighted by Crippen LogP contribution is 2.25. The Morgan fingerprint density at radius 1 is 1.28 bits per heavy atom. The van der Waals surface area contributed by atoms with Crippen LogP contribution in [-0.2, 0) is 9.53 Å². The molecule has 4 nitrogen and oxygen atoms in total. The Hall–Kier alpha value is -0.610. The maximum Gasteiger partial charge on any atom is 0.332 e. The third-order valence-corrected chi connectivity index (χ3v) is 4.25. The van der Waals surface area contributed by atoms with Crippen LogP contribution < -0.4 is 0 Å². The van der Waals surface area contributed by atoms with Crippen LogP contribution in [0.3, 0.4) is 0 Å². The fourth-order valence-corrected chi connectivity index (χ4v) is 3.18. The molecule has 0 amide bonds. The standard InChI is InChI=1S/C14H25NO3/c1-2-3-11-6-8-15(9-7-11)10-12-4-5-13(18-12)14(16)17/h11-13H,2-10H2,1H3,(H,16,17). The zero-order valence-corrected chi connectivity index (χ0v) is 11.3. The maximum absolute atomic E-state index is 10.8. The fraction of sp³-hybridized carbons (Fsp3) is 0.929. The first-order chi connectivity index (χ1) is 8.69. The van der Waals surface area contributed by atoms with Crippen molar-refractivity contribution in [2.75, 3.05) is 19.6 Å². The van der Waals surface area contributed by atoms with Gasteiger partial charge in [0.05, 0.1) is 6.10 Å². The molecule has 2 rings (SSSR count). The molecule has 0 bridgehead atoms. The minimum Gasteiger partial charge on any atom is -0.479 e. The zero-order valence-electron chi connectivity index (χ0n) is 11.3. The molecule has 18 heavy (non-hydrogen) atoms. The van der Waals surface area contributed by atoms with E-state index in [-0.39, 0.29) is 6.10 Å². The van der Waals surface area contributed by atoms with Crippen molar-refractivity contribution in [3.63, 3.8) is 0 Å². The van der Waals surface area contributed by atoms with Crippen LogP contribution in [0.5, 0.6) is 0 Å². The van der Waals surface area contributed by atoms with Gasteiger partial charge < -0.3 is 14.7 Å². The molecule has 2 unspecified atom stereocenters. The first kappa shape index (κ1) is 13.8. The summed E-state index contributed by atoms with van der Waals surface area (Å²) in [6, 6.07) is 0. The second-order valence-corrected chi connectivity index (χ2v) is 5.69. The summed E-state index contributed by atoms with van der Waals surface area (Å²) in [5.74, 6) is 0.0988. The molecular formula is C14H25NO3. The van der Waals surface area contributed by atoms with Crippen molar-refractivity contribution in [2.24, 2.45) is 5.92 Å². The Kier molecular flexibility index (Phi) is 5.01. The van der Waals surface area contributed by atoms with E-state index in [4.69, 9.17) is 9.84 Å². The molecule has 0 aromatic carbocycles. The molecule has 0 aromatic rings. The molecule has 2 aliphatic heterocycles. The second kappa shape index (κ2) is 6.53. The molecule has 2 aliphatic rings. The summed E-state index contributed by atoms with van der Waals surface area (Å²) in [6.07, 6.45) is 6.37. The third kappa shape index (κ3) is 3.69. The average Bonchev–Trinajstić information content (AvgIpc) is 2.81. The van der Waals surface area contributed by atoms with Crippen LogP contribution in [0.1, 0.15) is 45.4 Å². The Labute approximate surface area is 109 Å². The molecule has 0 saturated carbocycles. The molecule has 0 aromatic heterocycles. The Morgan fingerprint density at radius 3 is 2.56 bits per heavy atom. The van der Waals surface area contributed by atoms with Crippen molar-refractivity contribution in [1.82, 2.24) is 4.90 Å². The van der Waals surface area contributed by atoms with Gasteiger partial charge in [-0.15, -0.1) is 0 Å². The molecule has 0 aliphatic carbocycles. The summed E-state index contributed by atoms with van der Waals surface area (Å²) in [7, 11) is 0. The molecular weight excluding hydrogens is 230 g/mol. The Morgan fingerprint density at radius 2 is 2.00 bits per heavy atom. The summed E-state index contributed by atoms with van der Waals surface area (Å²) >= 11 is 0. The van der Waals surface area contributed by atoms with Gasteiger partial charge in [-0.1, -0.05) is 19.8 Å². The van der Waals surface area contributed by atoms with Crippen molar-refractivity contribution in [3.05, 3.63) is 0 Å². The lowest BCUT2D eigenvalue weighted by atomic mass is 9.92. The van der Waals surface area contributed by atoms with E-state index in [1.807, 2.05) is 0 Å². The van der Waals surface area contributed by atoms with E-state index in [2.05, 4.69) is 11.8 Å². The monoisotopic (exact) mass is 255 g/mol. The summed E-state index contributed by atoms with van der Waals surface area (Å²) < 4.78 is 5.56. The molecule has 4 heteroatoms. The van der Waals surface area contributed by atoms with E-state index in [9.17, 15) is 4.79 Å². The number of nitrogens with zero attached hydrogens (tertiary/aromatic N) is 1. The van der Waals surface area contributed by atoms with E-state index in [0.717, 1.165) is 32.0 Å². The lowest BCUT2D eigenvalue weighted by Crippen LogP contribution is -2.39. The summed E-state index contributed by atoms with van der Waals surface area (Å²) in [4.78, 5) is 13.3. The molecule has 0 spiro atoms. The van der Waals surface area contributed by atoms with Gasteiger partial charge in [-0.25, -0.2) is 4.79 Å². The highest BCUT2D eigenvalue weighted by molar-refractivity contribution is 5.72. The number of carboxylic acid groups (broad SMARTS) is 1. The van der Waals surface area contributed by atoms with E-state index in [1.54, 1.807) is 0 Å². The quantitative estimate of drug-likeness (QED) is 0.817. The topological polar surface area (TPSA) is 49.8 Å². The third-order valence-electron chi connectivity index (χ3n) is 4.25. The molecule has 2 saturated heterocycles. The van der Waals surface area contributed by atoms with Crippen molar-refractivity contribution < 1.29 is 14.6 Å². The van der Waals surface area contributed by atoms with Crippen LogP contribution in [0.4, 0.5) is 0 Å². The molecule has 104 valence electrons. The number of carbonyl (C=O) groups is 1. The Balaban J connectivity index is 1.68. The number of hydrogen-bond donors (Lipinski definition) is 1. The van der Waals surface area contributed by atoms with Crippen LogP contribution in [-0.4, -0.2) is 47.8 Å². The van der Waals surface area contributed by atoms with Crippen LogP contribution in [0.15, 0.2) is 0 Å². The number of hydrogen-bond acceptors (Lipinski definition) is 3. The van der Waals surface area contributed by atoms with E-state index in [1.165, 1.54) is 25.7 Å². The summed E-state index contributed by atoms with van der Waals surface area (Å²) in [5, 5.41) is 8.89. The van der Waals surface area contributed by atoms with Gasteiger partial charge in [0, 0.05) is 6.54 Å². The predicted molar refractivity (Wildman–Crippen MR) is 69.6 cm³/mol. The van der Waals surface area contributed by atoms with Crippen LogP contribution >= 0.6 is 0 Å². The fourth-order valence-electron chi connectivity index (χ4n) is 3.18. The van der Waals surface area contributed by atoms with Gasteiger partial charge in [-0.2, -0.15) is 0 Å². The van der Waals surface area contributed by atoms with Gasteiger partial charge in [0.2, 0.25) is 0 Å². The molecule has 2 heterocycles. The van der Waals surface area contributed by atoms with Gasteiger partial charge in [0.25, 0.3) is 0 Å². The minimum atomic E-state index is -0.806. The summed E-state index contributed by atoms with van der Waals surface area (Å²) in [5.41, 5.74) is 0. The molecule has 1 N–H and O–H groups in total. The lowest BCUT2D eigenvalue weighted by Gasteiger charge is -2.33. The molecule has 2 fully saturated rings. The van der Waals surface area contributed by atoms with Gasteiger partial charge in [0.1, 0.15) is 0 Å². The lowest BCUT2D eigenvalue weighted by molar-refractivity contribution is -0.149. The first-order valence-electron chi connectivity index (χ1n) is 7.29. The van der Waals surface area contributed by atoms with Gasteiger partial charge in [0.15, 0.2) is 6.10 Å². The van der Waals surface area contributed by atoms with E-state index >= 15 is 0 Å². The minimum absolute atomic E-state index is 0.133. The molecule has 0 radical (unpaired) electrons. The number of ether oxygens (including phenoxy) is 1. The first-order valence-corrected chi connectivity index (χ1v) is 7.29. The van der Waals surface area contributed by atoms with Crippen molar-refractivity contribution in [2.45, 2.75) is 57.7 Å². The number of aliphatic carboxylic acids is 1. The Bertz CT molecular complexity index is 274. The second-order valence-electron chi connectivity index (χ2n) is 5.69. The van der Waals surface area contributed by atoms with Crippen molar-refractivity contribution >= 4 is 5.97 Å². The smallest absolute Gasteiger partial charge is 0.332 e. The number of likely N-dealkylation sites (tertiary alicyclic amines) is 1. The number of rotatable bonds is 5. The highest BCUT2D eigenvalue weighted by Gasteiger charge is 2.32. The predicted octanol–water partition coefficient (Wildman–Crippen LogP) is 2.13. The number of carboxylic acids is 1. The van der Waals surface area contributed by atoms with Gasteiger partial charge >= 0.3 is 5.97 Å². The number of piperidine rings is 1. The van der Waals surface area contributed by atoms with E-state index < -0.39 is 12.1 Å². The average molecular weight is 255 g/mol. The highest BCUT2D eigenvalue weighted by atomic mass is 16.5. The largest absolute Gasteiger partial charge is 0.479 e. The zero-order chi connectivity index (χ0) is 13.0. The van der Waals surface area contributed by atoms with Crippen molar-refractivity contribution in [1.29, 1.82) is 0 Å². The van der Waals surface area contributed by atoms with Gasteiger partial charge in [-0.3, -0.25) is 0 Å².